The second kappa shape index (κ2) is 7.16. The van der Waals surface area contributed by atoms with Gasteiger partial charge in [0.25, 0.3) is 5.91 Å². The molecule has 0 bridgehead atoms. The molecule has 4 rings (SSSR count). The Morgan fingerprint density at radius 2 is 2.00 bits per heavy atom. The molecule has 142 valence electrons. The average molecular weight is 387 g/mol. The minimum absolute atomic E-state index is 0.209. The van der Waals surface area contributed by atoms with Crippen LogP contribution in [0.25, 0.3) is 0 Å². The second-order valence-corrected chi connectivity index (χ2v) is 8.43. The van der Waals surface area contributed by atoms with E-state index in [1.54, 1.807) is 23.1 Å². The summed E-state index contributed by atoms with van der Waals surface area (Å²) in [6.07, 6.45) is -0.238. The van der Waals surface area contributed by atoms with Crippen molar-refractivity contribution in [3.8, 4) is 0 Å². The van der Waals surface area contributed by atoms with Gasteiger partial charge >= 0.3 is 0 Å². The fourth-order valence-electron chi connectivity index (χ4n) is 3.78. The van der Waals surface area contributed by atoms with Crippen molar-refractivity contribution in [3.63, 3.8) is 0 Å². The van der Waals surface area contributed by atoms with Gasteiger partial charge in [-0.15, -0.1) is 11.3 Å². The molecule has 0 unspecified atom stereocenters. The lowest BCUT2D eigenvalue weighted by Crippen LogP contribution is -3.15. The van der Waals surface area contributed by atoms with Crippen LogP contribution < -0.4 is 9.80 Å². The van der Waals surface area contributed by atoms with E-state index in [0.717, 1.165) is 18.0 Å². The second-order valence-electron chi connectivity index (χ2n) is 7.14. The molecule has 1 atom stereocenters. The van der Waals surface area contributed by atoms with Crippen LogP contribution >= 0.6 is 11.3 Å². The van der Waals surface area contributed by atoms with Gasteiger partial charge in [-0.3, -0.25) is 14.5 Å². The summed E-state index contributed by atoms with van der Waals surface area (Å²) in [6.45, 7) is 5.36. The Morgan fingerprint density at radius 1 is 1.26 bits per heavy atom. The number of rotatable bonds is 5. The zero-order valence-corrected chi connectivity index (χ0v) is 16.1. The number of hydrogen-bond donors (Lipinski definition) is 2. The highest BCUT2D eigenvalue weighted by Crippen LogP contribution is 2.42. The number of nitrogens with zero attached hydrogens (tertiary/aromatic N) is 1. The monoisotopic (exact) mass is 387 g/mol. The van der Waals surface area contributed by atoms with E-state index in [2.05, 4.69) is 0 Å². The number of quaternary nitrogens is 1. The third-order valence-corrected chi connectivity index (χ3v) is 6.29. The van der Waals surface area contributed by atoms with E-state index in [1.165, 1.54) is 16.2 Å². The fraction of sp³-hybridized carbons (Fsp3) is 0.400. The van der Waals surface area contributed by atoms with Crippen molar-refractivity contribution in [1.29, 1.82) is 0 Å². The third kappa shape index (κ3) is 3.32. The van der Waals surface area contributed by atoms with Crippen LogP contribution in [0.3, 0.4) is 0 Å². The number of para-hydroxylation sites is 1. The number of aliphatic hydroxyl groups is 1. The predicted molar refractivity (Wildman–Crippen MR) is 102 cm³/mol. The maximum absolute atomic E-state index is 13.2. The van der Waals surface area contributed by atoms with Crippen molar-refractivity contribution < 1.29 is 24.3 Å². The summed E-state index contributed by atoms with van der Waals surface area (Å²) >= 11 is 1.39. The Hall–Kier alpha value is -2.06. The molecule has 3 heterocycles. The lowest BCUT2D eigenvalue weighted by molar-refractivity contribution is -0.906. The van der Waals surface area contributed by atoms with Gasteiger partial charge < -0.3 is 14.7 Å². The molecule has 2 N–H and O–H groups in total. The molecule has 1 amide bonds. The first-order valence-electron chi connectivity index (χ1n) is 9.14. The smallest absolute Gasteiger partial charge is 0.268 e. The van der Waals surface area contributed by atoms with Crippen molar-refractivity contribution in [3.05, 3.63) is 51.7 Å². The predicted octanol–water partition coefficient (Wildman–Crippen LogP) is 0.736. The number of fused-ring (bicyclic) bond motifs is 1. The molecular weight excluding hydrogens is 364 g/mol. The maximum atomic E-state index is 13.2. The standard InChI is InChI=1S/C20H22N2O4S/c1-14-6-7-18(27-14)17(23)12-20(25)15-4-2-3-5-16(15)22(19(20)24)13-21-8-10-26-11-9-21/h2-7,25H,8-13H2,1H3/p+1/t20-/m1/s1. The van der Waals surface area contributed by atoms with Crippen LogP contribution in [0.15, 0.2) is 36.4 Å². The van der Waals surface area contributed by atoms with E-state index in [0.29, 0.717) is 36.0 Å². The molecule has 0 aliphatic carbocycles. The molecule has 2 aromatic rings. The van der Waals surface area contributed by atoms with E-state index in [4.69, 9.17) is 4.74 Å². The summed E-state index contributed by atoms with van der Waals surface area (Å²) in [5, 5.41) is 11.3. The van der Waals surface area contributed by atoms with Crippen molar-refractivity contribution in [2.24, 2.45) is 0 Å². The highest BCUT2D eigenvalue weighted by molar-refractivity contribution is 7.14. The normalized spacial score (nSPS) is 22.9. The third-order valence-electron chi connectivity index (χ3n) is 5.25. The Kier molecular flexibility index (Phi) is 4.86. The molecule has 7 heteroatoms. The fourth-order valence-corrected chi connectivity index (χ4v) is 4.59. The van der Waals surface area contributed by atoms with E-state index in [1.807, 2.05) is 25.1 Å². The van der Waals surface area contributed by atoms with Crippen LogP contribution in [0.4, 0.5) is 5.69 Å². The number of morpholine rings is 1. The van der Waals surface area contributed by atoms with Crippen LogP contribution in [0.1, 0.15) is 26.5 Å². The molecule has 1 saturated heterocycles. The molecule has 2 aliphatic heterocycles. The molecule has 1 aromatic heterocycles. The van der Waals surface area contributed by atoms with Crippen LogP contribution in [-0.4, -0.2) is 49.8 Å². The molecule has 0 saturated carbocycles. The van der Waals surface area contributed by atoms with Crippen LogP contribution in [0.5, 0.6) is 0 Å². The SMILES string of the molecule is Cc1ccc(C(=O)C[C@]2(O)C(=O)N(C[NH+]3CCOCC3)c3ccccc32)s1. The van der Waals surface area contributed by atoms with E-state index >= 15 is 0 Å². The Morgan fingerprint density at radius 3 is 2.70 bits per heavy atom. The number of hydrogen-bond acceptors (Lipinski definition) is 5. The number of ketones is 1. The minimum atomic E-state index is -1.81. The van der Waals surface area contributed by atoms with Crippen molar-refractivity contribution in [2.75, 3.05) is 37.9 Å². The topological polar surface area (TPSA) is 71.3 Å². The van der Waals surface area contributed by atoms with Gasteiger partial charge in [-0.2, -0.15) is 0 Å². The molecule has 0 radical (unpaired) electrons. The number of amides is 1. The molecule has 1 aromatic carbocycles. The summed E-state index contributed by atoms with van der Waals surface area (Å²) in [6, 6.07) is 10.9. The van der Waals surface area contributed by atoms with Gasteiger partial charge in [-0.1, -0.05) is 18.2 Å². The van der Waals surface area contributed by atoms with E-state index in [9.17, 15) is 14.7 Å². The number of ether oxygens (including phenoxy) is 1. The van der Waals surface area contributed by atoms with Crippen molar-refractivity contribution in [2.45, 2.75) is 18.9 Å². The summed E-state index contributed by atoms with van der Waals surface area (Å²) in [4.78, 5) is 30.4. The molecular formula is C20H23N2O4S+. The molecule has 2 aliphatic rings. The Balaban J connectivity index is 1.62. The Bertz CT molecular complexity index is 874. The van der Waals surface area contributed by atoms with Crippen molar-refractivity contribution in [1.82, 2.24) is 0 Å². The average Bonchev–Trinajstić information content (AvgIpc) is 3.20. The molecule has 0 spiro atoms. The van der Waals surface area contributed by atoms with Gasteiger partial charge in [0.15, 0.2) is 18.1 Å². The van der Waals surface area contributed by atoms with Gasteiger partial charge in [0.2, 0.25) is 0 Å². The van der Waals surface area contributed by atoms with Crippen LogP contribution in [-0.2, 0) is 15.1 Å². The number of carbonyl (C=O) groups excluding carboxylic acids is 2. The number of anilines is 1. The first-order valence-corrected chi connectivity index (χ1v) is 9.95. The Labute approximate surface area is 162 Å². The summed E-state index contributed by atoms with van der Waals surface area (Å²) < 4.78 is 5.39. The molecule has 6 nitrogen and oxygen atoms in total. The zero-order valence-electron chi connectivity index (χ0n) is 15.2. The summed E-state index contributed by atoms with van der Waals surface area (Å²) in [5.74, 6) is -0.622. The first-order chi connectivity index (χ1) is 13.0. The van der Waals surface area contributed by atoms with E-state index in [-0.39, 0.29) is 12.2 Å². The summed E-state index contributed by atoms with van der Waals surface area (Å²) in [5.41, 5.74) is -0.597. The van der Waals surface area contributed by atoms with Gasteiger partial charge in [0, 0.05) is 10.4 Å². The first kappa shape index (κ1) is 18.3. The number of nitrogens with one attached hydrogen (secondary N) is 1. The maximum Gasteiger partial charge on any atom is 0.268 e. The molecule has 1 fully saturated rings. The zero-order chi connectivity index (χ0) is 19.0. The van der Waals surface area contributed by atoms with Gasteiger partial charge in [0.05, 0.1) is 30.2 Å². The lowest BCUT2D eigenvalue weighted by Gasteiger charge is -2.29. The van der Waals surface area contributed by atoms with Gasteiger partial charge in [-0.05, 0) is 25.1 Å². The van der Waals surface area contributed by atoms with Crippen molar-refractivity contribution >= 4 is 28.7 Å². The number of aryl methyl sites for hydroxylation is 1. The van der Waals surface area contributed by atoms with E-state index < -0.39 is 11.5 Å². The highest BCUT2D eigenvalue weighted by atomic mass is 32.1. The van der Waals surface area contributed by atoms with Crippen LogP contribution in [0, 0.1) is 6.92 Å². The highest BCUT2D eigenvalue weighted by Gasteiger charge is 2.51. The summed E-state index contributed by atoms with van der Waals surface area (Å²) in [7, 11) is 0. The minimum Gasteiger partial charge on any atom is -0.375 e. The number of Topliss-reactive ketones (excluding diaryl/α,β-unsaturated/α-hetero) is 1. The van der Waals surface area contributed by atoms with Gasteiger partial charge in [0.1, 0.15) is 13.1 Å². The number of carbonyl (C=O) groups is 2. The number of thiophene rings is 1. The van der Waals surface area contributed by atoms with Gasteiger partial charge in [-0.25, -0.2) is 0 Å². The molecule has 27 heavy (non-hydrogen) atoms. The number of benzene rings is 1. The quantitative estimate of drug-likeness (QED) is 0.743. The largest absolute Gasteiger partial charge is 0.375 e. The lowest BCUT2D eigenvalue weighted by atomic mass is 9.89. The van der Waals surface area contributed by atoms with Crippen LogP contribution in [0.2, 0.25) is 0 Å².